The summed E-state index contributed by atoms with van der Waals surface area (Å²) in [6.45, 7) is 1.32. The Balaban J connectivity index is 2.13. The number of hydrogen-bond acceptors (Lipinski definition) is 3. The molecule has 0 aliphatic rings. The number of anilines is 1. The van der Waals surface area contributed by atoms with Crippen LogP contribution in [-0.2, 0) is 17.9 Å². The molecule has 3 nitrogen and oxygen atoms in total. The van der Waals surface area contributed by atoms with E-state index in [4.69, 9.17) is 9.47 Å². The van der Waals surface area contributed by atoms with Gasteiger partial charge in [-0.3, -0.25) is 0 Å². The minimum atomic E-state index is 0.596. The third kappa shape index (κ3) is 4.22. The van der Waals surface area contributed by atoms with E-state index in [1.165, 1.54) is 0 Å². The van der Waals surface area contributed by atoms with E-state index in [0.29, 0.717) is 6.61 Å². The van der Waals surface area contributed by atoms with Gasteiger partial charge in [-0.05, 0) is 55.6 Å². The first-order chi connectivity index (χ1) is 10.2. The molecular formula is C16H17Br2NO2. The highest BCUT2D eigenvalue weighted by Crippen LogP contribution is 2.34. The molecular weight excluding hydrogens is 398 g/mol. The average molecular weight is 415 g/mol. The zero-order valence-electron chi connectivity index (χ0n) is 12.0. The van der Waals surface area contributed by atoms with Crippen LogP contribution in [0.5, 0.6) is 5.75 Å². The summed E-state index contributed by atoms with van der Waals surface area (Å²) in [5, 5.41) is 3.44. The van der Waals surface area contributed by atoms with E-state index in [1.807, 2.05) is 12.1 Å². The van der Waals surface area contributed by atoms with Crippen molar-refractivity contribution in [3.05, 3.63) is 56.5 Å². The summed E-state index contributed by atoms with van der Waals surface area (Å²) in [4.78, 5) is 0. The number of nitrogens with one attached hydrogen (secondary N) is 1. The van der Waals surface area contributed by atoms with Gasteiger partial charge >= 0.3 is 0 Å². The number of ether oxygens (including phenoxy) is 2. The van der Waals surface area contributed by atoms with Crippen molar-refractivity contribution < 1.29 is 9.47 Å². The number of hydrogen-bond donors (Lipinski definition) is 1. The van der Waals surface area contributed by atoms with E-state index in [0.717, 1.165) is 38.1 Å². The molecule has 0 heterocycles. The summed E-state index contributed by atoms with van der Waals surface area (Å²) >= 11 is 7.04. The van der Waals surface area contributed by atoms with Crippen LogP contribution >= 0.6 is 31.9 Å². The van der Waals surface area contributed by atoms with Crippen molar-refractivity contribution >= 4 is 37.5 Å². The van der Waals surface area contributed by atoms with E-state index < -0.39 is 0 Å². The van der Waals surface area contributed by atoms with Crippen LogP contribution in [0.25, 0.3) is 0 Å². The molecule has 2 rings (SSSR count). The summed E-state index contributed by atoms with van der Waals surface area (Å²) in [5.41, 5.74) is 3.39. The Kier molecular flexibility index (Phi) is 6.08. The molecule has 0 bridgehead atoms. The first kappa shape index (κ1) is 16.3. The Bertz CT molecular complexity index is 594. The normalized spacial score (nSPS) is 10.5. The quantitative estimate of drug-likeness (QED) is 0.722. The predicted molar refractivity (Wildman–Crippen MR) is 92.9 cm³/mol. The van der Waals surface area contributed by atoms with Gasteiger partial charge < -0.3 is 14.8 Å². The molecule has 0 aromatic heterocycles. The van der Waals surface area contributed by atoms with Crippen molar-refractivity contribution in [1.29, 1.82) is 0 Å². The largest absolute Gasteiger partial charge is 0.494 e. The summed E-state index contributed by atoms with van der Waals surface area (Å²) in [6.07, 6.45) is 0. The standard InChI is InChI=1S/C16H17Br2NO2/c1-20-10-12-5-3-4-6-15(12)19-9-11-7-13(17)16(21-2)14(18)8-11/h3-8,19H,9-10H2,1-2H3. The van der Waals surface area contributed by atoms with Crippen LogP contribution in [0, 0.1) is 0 Å². The number of rotatable bonds is 6. The molecule has 0 saturated heterocycles. The van der Waals surface area contributed by atoms with Gasteiger partial charge in [-0.25, -0.2) is 0 Å². The van der Waals surface area contributed by atoms with Gasteiger partial charge in [-0.15, -0.1) is 0 Å². The van der Waals surface area contributed by atoms with Crippen LogP contribution in [0.3, 0.4) is 0 Å². The molecule has 112 valence electrons. The van der Waals surface area contributed by atoms with Crippen molar-refractivity contribution in [3.8, 4) is 5.75 Å². The molecule has 0 saturated carbocycles. The molecule has 0 unspecified atom stereocenters. The van der Waals surface area contributed by atoms with E-state index in [1.54, 1.807) is 14.2 Å². The number of methoxy groups -OCH3 is 2. The van der Waals surface area contributed by atoms with Crippen molar-refractivity contribution in [3.63, 3.8) is 0 Å². The van der Waals surface area contributed by atoms with Crippen LogP contribution in [0.1, 0.15) is 11.1 Å². The molecule has 5 heteroatoms. The molecule has 0 amide bonds. The van der Waals surface area contributed by atoms with Crippen molar-refractivity contribution in [1.82, 2.24) is 0 Å². The second kappa shape index (κ2) is 7.82. The number of para-hydroxylation sites is 1. The monoisotopic (exact) mass is 413 g/mol. The zero-order chi connectivity index (χ0) is 15.2. The Morgan fingerprint density at radius 2 is 1.71 bits per heavy atom. The molecule has 21 heavy (non-hydrogen) atoms. The smallest absolute Gasteiger partial charge is 0.147 e. The van der Waals surface area contributed by atoms with Crippen molar-refractivity contribution in [2.24, 2.45) is 0 Å². The third-order valence-corrected chi connectivity index (χ3v) is 4.24. The highest BCUT2D eigenvalue weighted by Gasteiger charge is 2.08. The van der Waals surface area contributed by atoms with Gasteiger partial charge in [0, 0.05) is 24.9 Å². The van der Waals surface area contributed by atoms with Gasteiger partial charge in [0.25, 0.3) is 0 Å². The molecule has 0 aliphatic carbocycles. The molecule has 0 atom stereocenters. The average Bonchev–Trinajstić information content (AvgIpc) is 2.46. The maximum absolute atomic E-state index is 5.31. The second-order valence-electron chi connectivity index (χ2n) is 4.54. The lowest BCUT2D eigenvalue weighted by Gasteiger charge is -2.13. The molecule has 0 spiro atoms. The maximum Gasteiger partial charge on any atom is 0.147 e. The fourth-order valence-electron chi connectivity index (χ4n) is 2.08. The van der Waals surface area contributed by atoms with E-state index in [-0.39, 0.29) is 0 Å². The molecule has 0 radical (unpaired) electrons. The zero-order valence-corrected chi connectivity index (χ0v) is 15.1. The second-order valence-corrected chi connectivity index (χ2v) is 6.25. The Labute approximate surface area is 141 Å². The lowest BCUT2D eigenvalue weighted by Crippen LogP contribution is -2.03. The summed E-state index contributed by atoms with van der Waals surface area (Å²) in [6, 6.07) is 12.3. The van der Waals surface area contributed by atoms with Gasteiger partial charge in [0.1, 0.15) is 5.75 Å². The van der Waals surface area contributed by atoms with E-state index in [2.05, 4.69) is 61.4 Å². The van der Waals surface area contributed by atoms with Gasteiger partial charge in [0.05, 0.1) is 22.7 Å². The Morgan fingerprint density at radius 1 is 1.05 bits per heavy atom. The minimum Gasteiger partial charge on any atom is -0.494 e. The summed E-state index contributed by atoms with van der Waals surface area (Å²) < 4.78 is 12.4. The number of benzene rings is 2. The fraction of sp³-hybridized carbons (Fsp3) is 0.250. The number of halogens is 2. The van der Waals surface area contributed by atoms with E-state index in [9.17, 15) is 0 Å². The van der Waals surface area contributed by atoms with Crippen molar-refractivity contribution in [2.45, 2.75) is 13.2 Å². The fourth-order valence-corrected chi connectivity index (χ4v) is 3.69. The van der Waals surface area contributed by atoms with Gasteiger partial charge in [-0.1, -0.05) is 18.2 Å². The van der Waals surface area contributed by atoms with Gasteiger partial charge in [-0.2, -0.15) is 0 Å². The maximum atomic E-state index is 5.31. The lowest BCUT2D eigenvalue weighted by atomic mass is 10.1. The highest BCUT2D eigenvalue weighted by atomic mass is 79.9. The molecule has 2 aromatic carbocycles. The first-order valence-corrected chi connectivity index (χ1v) is 8.07. The summed E-state index contributed by atoms with van der Waals surface area (Å²) in [7, 11) is 3.36. The van der Waals surface area contributed by atoms with Crippen LogP contribution in [0.2, 0.25) is 0 Å². The van der Waals surface area contributed by atoms with E-state index >= 15 is 0 Å². The molecule has 2 aromatic rings. The van der Waals surface area contributed by atoms with Gasteiger partial charge in [0.2, 0.25) is 0 Å². The molecule has 0 fully saturated rings. The van der Waals surface area contributed by atoms with Crippen LogP contribution in [0.4, 0.5) is 5.69 Å². The molecule has 1 N–H and O–H groups in total. The van der Waals surface area contributed by atoms with Crippen LogP contribution in [0.15, 0.2) is 45.3 Å². The topological polar surface area (TPSA) is 30.5 Å². The molecule has 0 aliphatic heterocycles. The SMILES string of the molecule is COCc1ccccc1NCc1cc(Br)c(OC)c(Br)c1. The van der Waals surface area contributed by atoms with Crippen molar-refractivity contribution in [2.75, 3.05) is 19.5 Å². The third-order valence-electron chi connectivity index (χ3n) is 3.06. The Morgan fingerprint density at radius 3 is 2.33 bits per heavy atom. The minimum absolute atomic E-state index is 0.596. The lowest BCUT2D eigenvalue weighted by molar-refractivity contribution is 0.185. The van der Waals surface area contributed by atoms with Gasteiger partial charge in [0.15, 0.2) is 0 Å². The first-order valence-electron chi connectivity index (χ1n) is 6.48. The van der Waals surface area contributed by atoms with Crippen LogP contribution < -0.4 is 10.1 Å². The van der Waals surface area contributed by atoms with Crippen LogP contribution in [-0.4, -0.2) is 14.2 Å². The highest BCUT2D eigenvalue weighted by molar-refractivity contribution is 9.11. The Hall–Kier alpha value is -1.04. The predicted octanol–water partition coefficient (Wildman–Crippen LogP) is 4.98. The summed E-state index contributed by atoms with van der Waals surface area (Å²) in [5.74, 6) is 0.804.